The SMILES string of the molecule is CC(C)[C@H](CO)Nc1nc(SCc2ccccc2)nc2nc(Cl)sc12. The van der Waals surface area contributed by atoms with Crippen LogP contribution in [0.4, 0.5) is 5.82 Å². The highest BCUT2D eigenvalue weighted by atomic mass is 35.5. The van der Waals surface area contributed by atoms with Crippen molar-refractivity contribution in [2.45, 2.75) is 30.8 Å². The van der Waals surface area contributed by atoms with Gasteiger partial charge in [0.1, 0.15) is 4.70 Å². The zero-order chi connectivity index (χ0) is 17.8. The third-order valence-corrected chi connectivity index (χ3v) is 5.82. The van der Waals surface area contributed by atoms with Crippen molar-refractivity contribution in [1.29, 1.82) is 0 Å². The zero-order valence-corrected chi connectivity index (χ0v) is 16.3. The van der Waals surface area contributed by atoms with Crippen molar-refractivity contribution in [3.8, 4) is 0 Å². The summed E-state index contributed by atoms with van der Waals surface area (Å²) in [6.45, 7) is 4.14. The number of thiazole rings is 1. The lowest BCUT2D eigenvalue weighted by Crippen LogP contribution is -2.30. The number of aliphatic hydroxyl groups is 1. The molecule has 2 aromatic heterocycles. The summed E-state index contributed by atoms with van der Waals surface area (Å²) in [6, 6.07) is 10.1. The molecule has 132 valence electrons. The molecule has 3 rings (SSSR count). The Kier molecular flexibility index (Phi) is 6.11. The highest BCUT2D eigenvalue weighted by molar-refractivity contribution is 7.98. The van der Waals surface area contributed by atoms with E-state index in [1.807, 2.05) is 18.2 Å². The van der Waals surface area contributed by atoms with Crippen LogP contribution >= 0.6 is 34.7 Å². The maximum atomic E-state index is 9.61. The number of hydrogen-bond donors (Lipinski definition) is 2. The second kappa shape index (κ2) is 8.31. The van der Waals surface area contributed by atoms with Gasteiger partial charge >= 0.3 is 0 Å². The van der Waals surface area contributed by atoms with Crippen molar-refractivity contribution in [2.75, 3.05) is 11.9 Å². The number of rotatable bonds is 7. The number of nitrogens with one attached hydrogen (secondary N) is 1. The van der Waals surface area contributed by atoms with E-state index in [2.05, 4.69) is 46.2 Å². The van der Waals surface area contributed by atoms with Crippen LogP contribution < -0.4 is 5.32 Å². The molecular weight excluding hydrogens is 376 g/mol. The summed E-state index contributed by atoms with van der Waals surface area (Å²) < 4.78 is 1.25. The average Bonchev–Trinajstić information content (AvgIpc) is 2.98. The van der Waals surface area contributed by atoms with Gasteiger partial charge in [-0.05, 0) is 11.5 Å². The van der Waals surface area contributed by atoms with Crippen LogP contribution in [0.1, 0.15) is 19.4 Å². The van der Waals surface area contributed by atoms with E-state index in [1.54, 1.807) is 11.8 Å². The molecule has 5 nitrogen and oxygen atoms in total. The lowest BCUT2D eigenvalue weighted by Gasteiger charge is -2.20. The minimum atomic E-state index is -0.0917. The van der Waals surface area contributed by atoms with Gasteiger partial charge in [-0.25, -0.2) is 15.0 Å². The predicted octanol–water partition coefficient (Wildman–Crippen LogP) is 4.46. The first-order chi connectivity index (χ1) is 12.1. The number of halogens is 1. The number of aromatic nitrogens is 3. The number of benzene rings is 1. The fourth-order valence-electron chi connectivity index (χ4n) is 2.26. The molecule has 0 bridgehead atoms. The average molecular weight is 395 g/mol. The Morgan fingerprint density at radius 3 is 2.64 bits per heavy atom. The lowest BCUT2D eigenvalue weighted by atomic mass is 10.1. The first-order valence-electron chi connectivity index (χ1n) is 7.95. The normalized spacial score (nSPS) is 12.7. The van der Waals surface area contributed by atoms with Gasteiger partial charge in [-0.1, -0.05) is 78.9 Å². The molecule has 3 aromatic rings. The van der Waals surface area contributed by atoms with Gasteiger partial charge in [0.2, 0.25) is 0 Å². The fourth-order valence-corrected chi connectivity index (χ4v) is 4.05. The number of nitrogens with zero attached hydrogens (tertiary/aromatic N) is 3. The molecule has 2 heterocycles. The molecule has 1 atom stereocenters. The quantitative estimate of drug-likeness (QED) is 0.455. The number of fused-ring (bicyclic) bond motifs is 1. The van der Waals surface area contributed by atoms with Crippen LogP contribution in [-0.2, 0) is 5.75 Å². The maximum Gasteiger partial charge on any atom is 0.191 e. The summed E-state index contributed by atoms with van der Waals surface area (Å²) in [5.41, 5.74) is 1.79. The summed E-state index contributed by atoms with van der Waals surface area (Å²) >= 11 is 8.96. The smallest absolute Gasteiger partial charge is 0.191 e. The molecule has 1 aromatic carbocycles. The first-order valence-corrected chi connectivity index (χ1v) is 10.1. The molecule has 0 unspecified atom stereocenters. The zero-order valence-electron chi connectivity index (χ0n) is 13.9. The van der Waals surface area contributed by atoms with E-state index >= 15 is 0 Å². The van der Waals surface area contributed by atoms with Gasteiger partial charge < -0.3 is 10.4 Å². The van der Waals surface area contributed by atoms with Crippen LogP contribution in [0.2, 0.25) is 4.47 Å². The standard InChI is InChI=1S/C17H19ClN4OS2/c1-10(2)12(8-23)19-14-13-15(20-16(18)25-13)22-17(21-14)24-9-11-6-4-3-5-7-11/h3-7,10,12,23H,8-9H2,1-2H3,(H,19,21,22)/t12-/m0/s1. The van der Waals surface area contributed by atoms with Crippen molar-refractivity contribution < 1.29 is 5.11 Å². The Labute approximate surface area is 159 Å². The number of hydrogen-bond acceptors (Lipinski definition) is 7. The van der Waals surface area contributed by atoms with Gasteiger partial charge in [0.15, 0.2) is 21.1 Å². The molecule has 0 saturated heterocycles. The van der Waals surface area contributed by atoms with E-state index in [-0.39, 0.29) is 18.6 Å². The molecule has 0 saturated carbocycles. The Hall–Kier alpha value is -1.41. The van der Waals surface area contributed by atoms with E-state index in [0.717, 1.165) is 10.5 Å². The van der Waals surface area contributed by atoms with E-state index in [1.165, 1.54) is 16.9 Å². The summed E-state index contributed by atoms with van der Waals surface area (Å²) in [6.07, 6.45) is 0. The molecule has 0 fully saturated rings. The van der Waals surface area contributed by atoms with Gasteiger partial charge in [-0.15, -0.1) is 0 Å². The van der Waals surface area contributed by atoms with Crippen LogP contribution in [0.25, 0.3) is 10.3 Å². The molecule has 2 N–H and O–H groups in total. The first kappa shape index (κ1) is 18.4. The third-order valence-electron chi connectivity index (χ3n) is 3.74. The molecule has 0 spiro atoms. The second-order valence-electron chi connectivity index (χ2n) is 5.93. The summed E-state index contributed by atoms with van der Waals surface area (Å²) in [5.74, 6) is 1.72. The van der Waals surface area contributed by atoms with Crippen LogP contribution in [0.5, 0.6) is 0 Å². The summed E-state index contributed by atoms with van der Waals surface area (Å²) in [4.78, 5) is 13.4. The largest absolute Gasteiger partial charge is 0.394 e. The predicted molar refractivity (Wildman–Crippen MR) is 106 cm³/mol. The Morgan fingerprint density at radius 2 is 1.96 bits per heavy atom. The minimum absolute atomic E-state index is 0.0300. The van der Waals surface area contributed by atoms with Gasteiger partial charge in [-0.3, -0.25) is 0 Å². The molecule has 0 aliphatic rings. The maximum absolute atomic E-state index is 9.61. The Balaban J connectivity index is 1.88. The van der Waals surface area contributed by atoms with Crippen LogP contribution in [0.3, 0.4) is 0 Å². The molecular formula is C17H19ClN4OS2. The van der Waals surface area contributed by atoms with Crippen LogP contribution in [0.15, 0.2) is 35.5 Å². The number of thioether (sulfide) groups is 1. The highest BCUT2D eigenvalue weighted by Crippen LogP contribution is 2.33. The van der Waals surface area contributed by atoms with Crippen molar-refractivity contribution in [3.63, 3.8) is 0 Å². The van der Waals surface area contributed by atoms with Gasteiger partial charge in [0.05, 0.1) is 12.6 Å². The monoisotopic (exact) mass is 394 g/mol. The molecule has 8 heteroatoms. The fraction of sp³-hybridized carbons (Fsp3) is 0.353. The van der Waals surface area contributed by atoms with Crippen molar-refractivity contribution in [2.24, 2.45) is 5.92 Å². The van der Waals surface area contributed by atoms with E-state index in [4.69, 9.17) is 11.6 Å². The topological polar surface area (TPSA) is 70.9 Å². The van der Waals surface area contributed by atoms with Gasteiger partial charge in [0, 0.05) is 5.75 Å². The van der Waals surface area contributed by atoms with Gasteiger partial charge in [-0.2, -0.15) is 0 Å². The Bertz CT molecular complexity index is 841. The molecule has 25 heavy (non-hydrogen) atoms. The second-order valence-corrected chi connectivity index (χ2v) is 8.45. The minimum Gasteiger partial charge on any atom is -0.394 e. The third kappa shape index (κ3) is 4.61. The molecule has 0 aliphatic heterocycles. The van der Waals surface area contributed by atoms with E-state index in [0.29, 0.717) is 21.1 Å². The molecule has 0 amide bonds. The van der Waals surface area contributed by atoms with Crippen molar-refractivity contribution in [1.82, 2.24) is 15.0 Å². The van der Waals surface area contributed by atoms with E-state index < -0.39 is 0 Å². The van der Waals surface area contributed by atoms with Crippen LogP contribution in [-0.4, -0.2) is 32.7 Å². The lowest BCUT2D eigenvalue weighted by molar-refractivity contribution is 0.249. The van der Waals surface area contributed by atoms with Gasteiger partial charge in [0.25, 0.3) is 0 Å². The Morgan fingerprint density at radius 1 is 1.20 bits per heavy atom. The highest BCUT2D eigenvalue weighted by Gasteiger charge is 2.18. The molecule has 0 aliphatic carbocycles. The molecule has 0 radical (unpaired) electrons. The summed E-state index contributed by atoms with van der Waals surface area (Å²) in [7, 11) is 0. The van der Waals surface area contributed by atoms with E-state index in [9.17, 15) is 5.11 Å². The number of aliphatic hydroxyl groups excluding tert-OH is 1. The number of anilines is 1. The van der Waals surface area contributed by atoms with Crippen molar-refractivity contribution >= 4 is 50.9 Å². The van der Waals surface area contributed by atoms with Crippen molar-refractivity contribution in [3.05, 3.63) is 40.4 Å². The summed E-state index contributed by atoms with van der Waals surface area (Å²) in [5, 5.41) is 13.6. The van der Waals surface area contributed by atoms with Crippen LogP contribution in [0, 0.1) is 5.92 Å².